The molecular formula is C57H114N2O4. The topological polar surface area (TPSA) is 84.5 Å². The molecule has 0 saturated heterocycles. The van der Waals surface area contributed by atoms with Gasteiger partial charge in [-0.25, -0.2) is 0 Å². The third-order valence-electron chi connectivity index (χ3n) is 13.9. The zero-order valence-corrected chi connectivity index (χ0v) is 46.5. The first kappa shape index (κ1) is 63.5. The number of carbonyl (C=O) groups is 3. The number of hydrogen-bond donors (Lipinski definition) is 2. The predicted octanol–water partition coefficient (Wildman–Crippen LogP) is 15.7. The van der Waals surface area contributed by atoms with E-state index in [4.69, 9.17) is 4.74 Å². The SMILES string of the molecule is CC(=O)NCC(C)C.CC(C)C1(C)CC1.CC(C)C1CC1.CC(C)C1CCC1.CC(C)CC(C)C.CC(C)CC1CC1.CCOC(=O)C1CC1C(C)C.CNC(=O)C1CC1C(C)C. The number of rotatable bonds is 14. The maximum Gasteiger partial charge on any atom is 0.309 e. The van der Waals surface area contributed by atoms with E-state index in [1.165, 1.54) is 77.6 Å². The van der Waals surface area contributed by atoms with E-state index in [1.54, 1.807) is 7.05 Å². The first-order chi connectivity index (χ1) is 29.1. The summed E-state index contributed by atoms with van der Waals surface area (Å²) < 4.78 is 4.91. The van der Waals surface area contributed by atoms with Gasteiger partial charge in [-0.1, -0.05) is 164 Å². The Morgan fingerprint density at radius 2 is 1.05 bits per heavy atom. The number of esters is 1. The van der Waals surface area contributed by atoms with Gasteiger partial charge >= 0.3 is 5.97 Å². The minimum Gasteiger partial charge on any atom is -0.466 e. The lowest BCUT2D eigenvalue weighted by atomic mass is 9.78. The summed E-state index contributed by atoms with van der Waals surface area (Å²) >= 11 is 0. The third-order valence-corrected chi connectivity index (χ3v) is 13.9. The van der Waals surface area contributed by atoms with Crippen LogP contribution in [0.15, 0.2) is 0 Å². The van der Waals surface area contributed by atoms with Crippen molar-refractivity contribution >= 4 is 17.8 Å². The Morgan fingerprint density at radius 1 is 0.603 bits per heavy atom. The highest BCUT2D eigenvalue weighted by atomic mass is 16.5. The summed E-state index contributed by atoms with van der Waals surface area (Å²) in [5.74, 6) is 12.7. The molecule has 0 aromatic heterocycles. The van der Waals surface area contributed by atoms with Gasteiger partial charge in [-0.3, -0.25) is 14.4 Å². The van der Waals surface area contributed by atoms with Crippen molar-refractivity contribution < 1.29 is 19.1 Å². The van der Waals surface area contributed by atoms with Gasteiger partial charge in [0.15, 0.2) is 0 Å². The van der Waals surface area contributed by atoms with Crippen LogP contribution in [0.3, 0.4) is 0 Å². The minimum absolute atomic E-state index is 0.00574. The van der Waals surface area contributed by atoms with Crippen molar-refractivity contribution in [3.63, 3.8) is 0 Å². The third kappa shape index (κ3) is 36.2. The van der Waals surface area contributed by atoms with Crippen molar-refractivity contribution in [1.29, 1.82) is 0 Å². The van der Waals surface area contributed by atoms with Crippen LogP contribution in [-0.2, 0) is 19.1 Å². The van der Waals surface area contributed by atoms with Gasteiger partial charge in [0.25, 0.3) is 0 Å². The Balaban J connectivity index is 0. The molecule has 6 aliphatic rings. The fraction of sp³-hybridized carbons (Fsp3) is 0.947. The summed E-state index contributed by atoms with van der Waals surface area (Å²) in [4.78, 5) is 32.3. The van der Waals surface area contributed by atoms with Crippen molar-refractivity contribution in [2.24, 2.45) is 100 Å². The lowest BCUT2D eigenvalue weighted by Gasteiger charge is -2.28. The summed E-state index contributed by atoms with van der Waals surface area (Å²) in [6.45, 7) is 47.4. The van der Waals surface area contributed by atoms with Crippen LogP contribution in [0.2, 0.25) is 0 Å². The average molecular weight is 892 g/mol. The summed E-state index contributed by atoms with van der Waals surface area (Å²) in [6, 6.07) is 0. The standard InChI is InChI=1S/C9H16O2.C8H15NO.3C7H14.C7H16.C6H13NO.C6H12/c1-4-11-9(10)8-5-7(8)6(2)3;1-5(2)6-4-7(6)8(10)9-3;1-6(2)7(3)4-5-7;1-6(2)5-7-3-4-7;1-6(2)7-4-3-5-7;1-6(2)5-7(3)4;1-5(2)4-7-6(3)8;1-5(2)6-3-4-6/h6-8H,4-5H2,1-3H3;5-7H,4H2,1-3H3,(H,9,10);6H,4-5H2,1-3H3;2*6-7H,3-5H2,1-2H3;6-7H,5H2,1-4H3;5H,4H2,1-3H3,(H,7,8);5-6H,3-4H2,1-2H3. The van der Waals surface area contributed by atoms with E-state index in [0.29, 0.717) is 42.1 Å². The lowest BCUT2D eigenvalue weighted by Crippen LogP contribution is -2.24. The van der Waals surface area contributed by atoms with Crippen LogP contribution in [0.4, 0.5) is 0 Å². The Morgan fingerprint density at radius 3 is 1.19 bits per heavy atom. The minimum atomic E-state index is 0.00574. The van der Waals surface area contributed by atoms with Crippen LogP contribution in [0.1, 0.15) is 229 Å². The molecule has 6 heteroatoms. The second kappa shape index (κ2) is 33.8. The fourth-order valence-electron chi connectivity index (χ4n) is 7.86. The molecule has 6 nitrogen and oxygen atoms in total. The fourth-order valence-corrected chi connectivity index (χ4v) is 7.86. The highest BCUT2D eigenvalue weighted by Gasteiger charge is 2.46. The van der Waals surface area contributed by atoms with E-state index >= 15 is 0 Å². The molecule has 4 unspecified atom stereocenters. The van der Waals surface area contributed by atoms with Gasteiger partial charge in [0.05, 0.1) is 12.5 Å². The molecule has 0 aromatic carbocycles. The number of amides is 2. The molecule has 0 heterocycles. The lowest BCUT2D eigenvalue weighted by molar-refractivity contribution is -0.145. The van der Waals surface area contributed by atoms with E-state index < -0.39 is 0 Å². The molecule has 6 saturated carbocycles. The molecule has 2 amide bonds. The molecule has 376 valence electrons. The summed E-state index contributed by atoms with van der Waals surface area (Å²) in [6.07, 6.45) is 18.4. The first-order valence-electron chi connectivity index (χ1n) is 26.8. The summed E-state index contributed by atoms with van der Waals surface area (Å²) in [7, 11) is 1.71. The molecular weight excluding hydrogens is 777 g/mol. The van der Waals surface area contributed by atoms with E-state index in [-0.39, 0.29) is 23.7 Å². The molecule has 0 radical (unpaired) electrons. The summed E-state index contributed by atoms with van der Waals surface area (Å²) in [5, 5.41) is 5.38. The molecule has 0 bridgehead atoms. The molecule has 63 heavy (non-hydrogen) atoms. The number of ether oxygens (including phenoxy) is 1. The van der Waals surface area contributed by atoms with Gasteiger partial charge in [-0.15, -0.1) is 0 Å². The van der Waals surface area contributed by atoms with Crippen molar-refractivity contribution in [2.75, 3.05) is 20.2 Å². The Hall–Kier alpha value is -1.59. The van der Waals surface area contributed by atoms with Gasteiger partial charge in [0, 0.05) is 26.4 Å². The van der Waals surface area contributed by atoms with E-state index in [1.807, 2.05) is 6.92 Å². The first-order valence-corrected chi connectivity index (χ1v) is 26.8. The van der Waals surface area contributed by atoms with Crippen LogP contribution >= 0.6 is 0 Å². The zero-order valence-electron chi connectivity index (χ0n) is 46.5. The molecule has 6 rings (SSSR count). The molecule has 0 aliphatic heterocycles. The van der Waals surface area contributed by atoms with Gasteiger partial charge in [0.1, 0.15) is 0 Å². The van der Waals surface area contributed by atoms with Gasteiger partial charge in [-0.2, -0.15) is 0 Å². The molecule has 2 N–H and O–H groups in total. The molecule has 0 aromatic rings. The maximum absolute atomic E-state index is 11.1. The molecule has 0 spiro atoms. The molecule has 6 aliphatic carbocycles. The van der Waals surface area contributed by atoms with E-state index in [0.717, 1.165) is 78.1 Å². The summed E-state index contributed by atoms with van der Waals surface area (Å²) in [5.41, 5.74) is 0.750. The van der Waals surface area contributed by atoms with Crippen molar-refractivity contribution in [1.82, 2.24) is 10.6 Å². The Labute approximate surface area is 395 Å². The van der Waals surface area contributed by atoms with Crippen LogP contribution in [0, 0.1) is 100 Å². The van der Waals surface area contributed by atoms with E-state index in [9.17, 15) is 14.4 Å². The van der Waals surface area contributed by atoms with Crippen LogP contribution < -0.4 is 10.6 Å². The second-order valence-corrected chi connectivity index (χ2v) is 24.1. The highest BCUT2D eigenvalue weighted by Crippen LogP contribution is 2.51. The van der Waals surface area contributed by atoms with Gasteiger partial charge in [-0.05, 0) is 147 Å². The molecule has 6 fully saturated rings. The quantitative estimate of drug-likeness (QED) is 0.170. The van der Waals surface area contributed by atoms with Gasteiger partial charge < -0.3 is 15.4 Å². The maximum atomic E-state index is 11.1. The normalized spacial score (nSPS) is 22.1. The van der Waals surface area contributed by atoms with Crippen molar-refractivity contribution in [3.8, 4) is 0 Å². The highest BCUT2D eigenvalue weighted by molar-refractivity contribution is 5.81. The van der Waals surface area contributed by atoms with Crippen molar-refractivity contribution in [2.45, 2.75) is 229 Å². The number of carbonyl (C=O) groups excluding carboxylic acids is 3. The second-order valence-electron chi connectivity index (χ2n) is 24.1. The monoisotopic (exact) mass is 891 g/mol. The Bertz CT molecular complexity index is 1140. The van der Waals surface area contributed by atoms with Gasteiger partial charge in [0.2, 0.25) is 11.8 Å². The average Bonchev–Trinajstić information content (AvgIpc) is 3.94. The number of nitrogens with one attached hydrogen (secondary N) is 2. The van der Waals surface area contributed by atoms with Crippen LogP contribution in [-0.4, -0.2) is 38.0 Å². The van der Waals surface area contributed by atoms with Crippen molar-refractivity contribution in [3.05, 3.63) is 0 Å². The Kier molecular flexibility index (Phi) is 34.1. The van der Waals surface area contributed by atoms with Crippen LogP contribution in [0.5, 0.6) is 0 Å². The zero-order chi connectivity index (χ0) is 49.2. The smallest absolute Gasteiger partial charge is 0.309 e. The number of hydrogen-bond acceptors (Lipinski definition) is 4. The predicted molar refractivity (Wildman–Crippen MR) is 275 cm³/mol. The largest absolute Gasteiger partial charge is 0.466 e. The van der Waals surface area contributed by atoms with Crippen LogP contribution in [0.25, 0.3) is 0 Å². The van der Waals surface area contributed by atoms with E-state index in [2.05, 4.69) is 142 Å². The molecule has 4 atom stereocenters.